The number of benzene rings is 1. The van der Waals surface area contributed by atoms with E-state index in [9.17, 15) is 14.4 Å². The molecule has 1 amide bonds. The number of amides is 1. The van der Waals surface area contributed by atoms with Crippen molar-refractivity contribution in [3.63, 3.8) is 0 Å². The van der Waals surface area contributed by atoms with Gasteiger partial charge in [-0.3, -0.25) is 9.59 Å². The van der Waals surface area contributed by atoms with E-state index in [1.807, 2.05) is 6.92 Å². The van der Waals surface area contributed by atoms with Gasteiger partial charge in [0.05, 0.1) is 11.9 Å². The lowest BCUT2D eigenvalue weighted by atomic mass is 10.1. The molecule has 1 heterocycles. The Morgan fingerprint density at radius 2 is 2.14 bits per heavy atom. The molecule has 2 aromatic rings. The van der Waals surface area contributed by atoms with Gasteiger partial charge in [-0.25, -0.2) is 4.79 Å². The summed E-state index contributed by atoms with van der Waals surface area (Å²) in [5.41, 5.74) is 0.829. The van der Waals surface area contributed by atoms with Crippen molar-refractivity contribution in [1.29, 1.82) is 0 Å². The topological polar surface area (TPSA) is 85.6 Å². The van der Waals surface area contributed by atoms with Crippen LogP contribution in [0.15, 0.2) is 33.5 Å². The van der Waals surface area contributed by atoms with Crippen molar-refractivity contribution in [2.75, 3.05) is 13.2 Å². The van der Waals surface area contributed by atoms with Crippen LogP contribution >= 0.6 is 0 Å². The summed E-state index contributed by atoms with van der Waals surface area (Å²) >= 11 is 0. The van der Waals surface area contributed by atoms with E-state index in [2.05, 4.69) is 11.2 Å². The van der Waals surface area contributed by atoms with Gasteiger partial charge in [0.2, 0.25) is 5.76 Å². The molecule has 0 fully saturated rings. The molecule has 1 aromatic heterocycles. The van der Waals surface area contributed by atoms with E-state index in [1.165, 1.54) is 0 Å². The van der Waals surface area contributed by atoms with Crippen molar-refractivity contribution < 1.29 is 18.7 Å². The van der Waals surface area contributed by atoms with Crippen LogP contribution in [0, 0.1) is 19.3 Å². The van der Waals surface area contributed by atoms with Crippen LogP contribution in [-0.4, -0.2) is 25.0 Å². The number of nitrogens with one attached hydrogen (secondary N) is 1. The zero-order chi connectivity index (χ0) is 16.1. The molecule has 0 atom stereocenters. The van der Waals surface area contributed by atoms with Gasteiger partial charge in [0.15, 0.2) is 12.0 Å². The molecule has 0 saturated carbocycles. The molecular weight excluding hydrogens is 286 g/mol. The minimum Gasteiger partial charge on any atom is -0.450 e. The van der Waals surface area contributed by atoms with E-state index in [0.717, 1.165) is 11.6 Å². The van der Waals surface area contributed by atoms with Gasteiger partial charge >= 0.3 is 5.97 Å². The number of esters is 1. The molecule has 0 spiro atoms. The molecule has 0 radical (unpaired) electrons. The lowest BCUT2D eigenvalue weighted by Gasteiger charge is -2.05. The first-order valence-electron chi connectivity index (χ1n) is 6.43. The van der Waals surface area contributed by atoms with Crippen LogP contribution in [-0.2, 0) is 9.53 Å². The maximum Gasteiger partial charge on any atom is 0.374 e. The van der Waals surface area contributed by atoms with Crippen molar-refractivity contribution in [1.82, 2.24) is 5.32 Å². The molecule has 1 N–H and O–H groups in total. The van der Waals surface area contributed by atoms with Crippen molar-refractivity contribution in [2.24, 2.45) is 0 Å². The van der Waals surface area contributed by atoms with Crippen LogP contribution in [0.1, 0.15) is 16.1 Å². The first-order chi connectivity index (χ1) is 10.5. The van der Waals surface area contributed by atoms with Gasteiger partial charge in [0, 0.05) is 6.07 Å². The zero-order valence-corrected chi connectivity index (χ0v) is 11.8. The third kappa shape index (κ3) is 3.52. The van der Waals surface area contributed by atoms with Crippen LogP contribution in [0.2, 0.25) is 0 Å². The minimum absolute atomic E-state index is 0.0425. The fourth-order valence-corrected chi connectivity index (χ4v) is 1.77. The molecule has 22 heavy (non-hydrogen) atoms. The predicted molar refractivity (Wildman–Crippen MR) is 79.3 cm³/mol. The average molecular weight is 299 g/mol. The number of carbonyl (C=O) groups excluding carboxylic acids is 2. The first-order valence-corrected chi connectivity index (χ1v) is 6.43. The van der Waals surface area contributed by atoms with Crippen LogP contribution in [0.25, 0.3) is 11.0 Å². The number of carbonyl (C=O) groups is 2. The van der Waals surface area contributed by atoms with E-state index in [-0.39, 0.29) is 23.3 Å². The summed E-state index contributed by atoms with van der Waals surface area (Å²) in [5, 5.41) is 2.72. The van der Waals surface area contributed by atoms with E-state index in [1.54, 1.807) is 18.2 Å². The summed E-state index contributed by atoms with van der Waals surface area (Å²) in [4.78, 5) is 35.1. The molecule has 0 aliphatic rings. The summed E-state index contributed by atoms with van der Waals surface area (Å²) in [6.07, 6.45) is 4.98. The molecule has 0 saturated heterocycles. The van der Waals surface area contributed by atoms with Crippen LogP contribution in [0.3, 0.4) is 0 Å². The van der Waals surface area contributed by atoms with Gasteiger partial charge in [-0.05, 0) is 19.1 Å². The maximum absolute atomic E-state index is 12.0. The SMILES string of the molecule is C#CCNC(=O)COC(=O)c1cc(=O)c2cc(C)ccc2o1. The van der Waals surface area contributed by atoms with Crippen molar-refractivity contribution in [3.8, 4) is 12.3 Å². The Morgan fingerprint density at radius 1 is 1.36 bits per heavy atom. The number of hydrogen-bond donors (Lipinski definition) is 1. The highest BCUT2D eigenvalue weighted by molar-refractivity contribution is 5.90. The lowest BCUT2D eigenvalue weighted by Crippen LogP contribution is -2.29. The highest BCUT2D eigenvalue weighted by Gasteiger charge is 2.15. The lowest BCUT2D eigenvalue weighted by molar-refractivity contribution is -0.124. The maximum atomic E-state index is 12.0. The van der Waals surface area contributed by atoms with Gasteiger partial charge in [0.25, 0.3) is 5.91 Å². The molecule has 0 unspecified atom stereocenters. The number of rotatable bonds is 4. The summed E-state index contributed by atoms with van der Waals surface area (Å²) in [6.45, 7) is 1.38. The highest BCUT2D eigenvalue weighted by Crippen LogP contribution is 2.14. The van der Waals surface area contributed by atoms with E-state index in [0.29, 0.717) is 5.39 Å². The average Bonchev–Trinajstić information content (AvgIpc) is 2.51. The zero-order valence-electron chi connectivity index (χ0n) is 11.8. The summed E-state index contributed by atoms with van der Waals surface area (Å²) in [6, 6.07) is 6.07. The molecule has 2 rings (SSSR count). The largest absolute Gasteiger partial charge is 0.450 e. The number of aryl methyl sites for hydroxylation is 1. The molecule has 1 aromatic carbocycles. The normalized spacial score (nSPS) is 10.0. The van der Waals surface area contributed by atoms with Crippen molar-refractivity contribution >= 4 is 22.8 Å². The van der Waals surface area contributed by atoms with Gasteiger partial charge in [-0.15, -0.1) is 6.42 Å². The van der Waals surface area contributed by atoms with Gasteiger partial charge in [-0.1, -0.05) is 17.6 Å². The summed E-state index contributed by atoms with van der Waals surface area (Å²) < 4.78 is 10.1. The smallest absolute Gasteiger partial charge is 0.374 e. The number of ether oxygens (including phenoxy) is 1. The third-order valence-electron chi connectivity index (χ3n) is 2.81. The second-order valence-electron chi connectivity index (χ2n) is 4.53. The second kappa shape index (κ2) is 6.59. The number of hydrogen-bond acceptors (Lipinski definition) is 5. The Morgan fingerprint density at radius 3 is 2.86 bits per heavy atom. The standard InChI is InChI=1S/C16H13NO5/c1-3-6-17-15(19)9-21-16(20)14-8-12(18)11-7-10(2)4-5-13(11)22-14/h1,4-5,7-8H,6,9H2,2H3,(H,17,19). The predicted octanol–water partition coefficient (Wildman–Crippen LogP) is 1.01. The van der Waals surface area contributed by atoms with Gasteiger partial charge in [-0.2, -0.15) is 0 Å². The fraction of sp³-hybridized carbons (Fsp3) is 0.188. The van der Waals surface area contributed by atoms with Crippen molar-refractivity contribution in [2.45, 2.75) is 6.92 Å². The van der Waals surface area contributed by atoms with E-state index < -0.39 is 18.5 Å². The van der Waals surface area contributed by atoms with Crippen LogP contribution in [0.5, 0.6) is 0 Å². The minimum atomic E-state index is -0.893. The molecule has 0 aliphatic carbocycles. The Balaban J connectivity index is 2.16. The summed E-state index contributed by atoms with van der Waals surface area (Å²) in [7, 11) is 0. The van der Waals surface area contributed by atoms with E-state index in [4.69, 9.17) is 15.6 Å². The summed E-state index contributed by atoms with van der Waals surface area (Å²) in [5.74, 6) is 0.529. The molecule has 0 aliphatic heterocycles. The highest BCUT2D eigenvalue weighted by atomic mass is 16.5. The Labute approximate surface area is 126 Å². The number of fused-ring (bicyclic) bond motifs is 1. The Hall–Kier alpha value is -3.07. The quantitative estimate of drug-likeness (QED) is 0.672. The molecule has 112 valence electrons. The molecular formula is C16H13NO5. The van der Waals surface area contributed by atoms with Gasteiger partial charge in [0.1, 0.15) is 5.58 Å². The molecule has 6 nitrogen and oxygen atoms in total. The third-order valence-corrected chi connectivity index (χ3v) is 2.81. The van der Waals surface area contributed by atoms with Gasteiger partial charge < -0.3 is 14.5 Å². The van der Waals surface area contributed by atoms with Crippen molar-refractivity contribution in [3.05, 3.63) is 45.8 Å². The Kier molecular flexibility index (Phi) is 4.59. The number of terminal acetylenes is 1. The fourth-order valence-electron chi connectivity index (χ4n) is 1.77. The second-order valence-corrected chi connectivity index (χ2v) is 4.53. The monoisotopic (exact) mass is 299 g/mol. The first kappa shape index (κ1) is 15.3. The van der Waals surface area contributed by atoms with Crippen LogP contribution < -0.4 is 10.7 Å². The van der Waals surface area contributed by atoms with Crippen LogP contribution in [0.4, 0.5) is 0 Å². The Bertz CT molecular complexity index is 829. The van der Waals surface area contributed by atoms with E-state index >= 15 is 0 Å². The molecule has 0 bridgehead atoms. The molecule has 6 heteroatoms.